The van der Waals surface area contributed by atoms with E-state index in [1.807, 2.05) is 0 Å². The molecule has 1 aliphatic rings. The second-order valence-corrected chi connectivity index (χ2v) is 6.90. The third kappa shape index (κ3) is 3.60. The highest BCUT2D eigenvalue weighted by Crippen LogP contribution is 2.38. The first-order valence-corrected chi connectivity index (χ1v) is 9.09. The third-order valence-corrected chi connectivity index (χ3v) is 5.05. The Labute approximate surface area is 159 Å². The highest BCUT2D eigenvalue weighted by Gasteiger charge is 2.36. The number of rotatable bonds is 3. The largest absolute Gasteiger partial charge is 0.416 e. The molecule has 3 aromatic rings. The van der Waals surface area contributed by atoms with E-state index in [2.05, 4.69) is 20.6 Å². The number of halogens is 3. The lowest BCUT2D eigenvalue weighted by Gasteiger charge is -2.26. The summed E-state index contributed by atoms with van der Waals surface area (Å²) in [7, 11) is 0. The average molecular weight is 388 g/mol. The monoisotopic (exact) mass is 388 g/mol. The van der Waals surface area contributed by atoms with E-state index in [1.165, 1.54) is 18.5 Å². The summed E-state index contributed by atoms with van der Waals surface area (Å²) >= 11 is 0. The van der Waals surface area contributed by atoms with Gasteiger partial charge < -0.3 is 15.6 Å². The molecule has 0 aliphatic carbocycles. The van der Waals surface area contributed by atoms with Gasteiger partial charge in [-0.25, -0.2) is 4.98 Å². The van der Waals surface area contributed by atoms with Gasteiger partial charge in [0.1, 0.15) is 5.52 Å². The molecule has 0 spiro atoms. The fraction of sp³-hybridized carbons (Fsp3) is 0.300. The Morgan fingerprint density at radius 3 is 2.82 bits per heavy atom. The fourth-order valence-corrected chi connectivity index (χ4v) is 3.70. The quantitative estimate of drug-likeness (QED) is 0.627. The Balaban J connectivity index is 1.64. The van der Waals surface area contributed by atoms with Crippen molar-refractivity contribution in [3.63, 3.8) is 0 Å². The highest BCUT2D eigenvalue weighted by atomic mass is 19.4. The number of imidazole rings is 1. The van der Waals surface area contributed by atoms with E-state index in [4.69, 9.17) is 0 Å². The predicted molar refractivity (Wildman–Crippen MR) is 100 cm³/mol. The minimum atomic E-state index is -4.49. The molecule has 1 atom stereocenters. The standard InChI is InChI=1S/C20H19F3N4O/c21-20(22,23)16-9-13(6-7-14(16)12-3-2-8-24-10-12)27-19(28)15-4-1-5-17-18(15)26-11-25-17/h1,4-7,9,11-12,24H,2-3,8,10H2,(H,25,26)(H,27,28). The van der Waals surface area contributed by atoms with Gasteiger partial charge in [0.2, 0.25) is 0 Å². The number of fused-ring (bicyclic) bond motifs is 1. The first-order valence-electron chi connectivity index (χ1n) is 9.09. The topological polar surface area (TPSA) is 69.8 Å². The zero-order valence-corrected chi connectivity index (χ0v) is 14.9. The minimum Gasteiger partial charge on any atom is -0.345 e. The Hall–Kier alpha value is -2.87. The average Bonchev–Trinajstić information content (AvgIpc) is 3.16. The zero-order chi connectivity index (χ0) is 19.7. The van der Waals surface area contributed by atoms with E-state index in [0.29, 0.717) is 29.6 Å². The number of nitrogens with one attached hydrogen (secondary N) is 3. The Morgan fingerprint density at radius 2 is 2.07 bits per heavy atom. The predicted octanol–water partition coefficient (Wildman–Crippen LogP) is 4.30. The number of amides is 1. The summed E-state index contributed by atoms with van der Waals surface area (Å²) in [5.74, 6) is -0.689. The summed E-state index contributed by atoms with van der Waals surface area (Å²) in [5.41, 5.74) is 1.14. The summed E-state index contributed by atoms with van der Waals surface area (Å²) in [4.78, 5) is 19.6. The van der Waals surface area contributed by atoms with Crippen LogP contribution in [0.2, 0.25) is 0 Å². The smallest absolute Gasteiger partial charge is 0.345 e. The maximum atomic E-state index is 13.7. The van der Waals surface area contributed by atoms with Gasteiger partial charge in [-0.3, -0.25) is 4.79 Å². The van der Waals surface area contributed by atoms with Crippen molar-refractivity contribution in [2.45, 2.75) is 24.9 Å². The number of piperidine rings is 1. The molecule has 5 nitrogen and oxygen atoms in total. The van der Waals surface area contributed by atoms with Gasteiger partial charge in [0.15, 0.2) is 0 Å². The Morgan fingerprint density at radius 1 is 1.21 bits per heavy atom. The molecule has 0 saturated carbocycles. The summed E-state index contributed by atoms with van der Waals surface area (Å²) in [6.45, 7) is 1.35. The molecule has 1 saturated heterocycles. The number of alkyl halides is 3. The van der Waals surface area contributed by atoms with Crippen LogP contribution in [0, 0.1) is 0 Å². The van der Waals surface area contributed by atoms with Crippen molar-refractivity contribution in [3.05, 3.63) is 59.4 Å². The van der Waals surface area contributed by atoms with Crippen molar-refractivity contribution in [1.29, 1.82) is 0 Å². The molecule has 3 N–H and O–H groups in total. The van der Waals surface area contributed by atoms with Crippen LogP contribution in [0.1, 0.15) is 40.2 Å². The number of hydrogen-bond acceptors (Lipinski definition) is 3. The van der Waals surface area contributed by atoms with Crippen LogP contribution in [0.3, 0.4) is 0 Å². The maximum absolute atomic E-state index is 13.7. The number of aromatic amines is 1. The molecule has 146 valence electrons. The Kier molecular flexibility index (Phi) is 4.80. The number of H-pyrrole nitrogens is 1. The molecule has 1 fully saturated rings. The van der Waals surface area contributed by atoms with Crippen LogP contribution in [0.25, 0.3) is 11.0 Å². The number of anilines is 1. The van der Waals surface area contributed by atoms with Gasteiger partial charge in [0.25, 0.3) is 5.91 Å². The van der Waals surface area contributed by atoms with Crippen molar-refractivity contribution >= 4 is 22.6 Å². The van der Waals surface area contributed by atoms with Gasteiger partial charge in [-0.05, 0) is 55.1 Å². The van der Waals surface area contributed by atoms with Crippen molar-refractivity contribution < 1.29 is 18.0 Å². The van der Waals surface area contributed by atoms with Gasteiger partial charge >= 0.3 is 6.18 Å². The van der Waals surface area contributed by atoms with E-state index in [-0.39, 0.29) is 17.2 Å². The third-order valence-electron chi connectivity index (χ3n) is 5.05. The normalized spacial score (nSPS) is 17.6. The molecule has 1 aliphatic heterocycles. The summed E-state index contributed by atoms with van der Waals surface area (Å²) in [6, 6.07) is 9.08. The van der Waals surface area contributed by atoms with Gasteiger partial charge in [0, 0.05) is 12.2 Å². The molecule has 1 unspecified atom stereocenters. The number of hydrogen-bond donors (Lipinski definition) is 3. The van der Waals surface area contributed by atoms with Gasteiger partial charge in [-0.2, -0.15) is 13.2 Å². The van der Waals surface area contributed by atoms with Crippen LogP contribution in [-0.2, 0) is 6.18 Å². The number of carbonyl (C=O) groups excluding carboxylic acids is 1. The van der Waals surface area contributed by atoms with Gasteiger partial charge in [-0.15, -0.1) is 0 Å². The van der Waals surface area contributed by atoms with Gasteiger partial charge in [0.05, 0.1) is 23.0 Å². The molecule has 0 radical (unpaired) electrons. The van der Waals surface area contributed by atoms with Crippen molar-refractivity contribution in [3.8, 4) is 0 Å². The fourth-order valence-electron chi connectivity index (χ4n) is 3.70. The molecular formula is C20H19F3N4O. The first kappa shape index (κ1) is 18.5. The summed E-state index contributed by atoms with van der Waals surface area (Å²) in [6.07, 6.45) is -1.47. The van der Waals surface area contributed by atoms with Gasteiger partial charge in [-0.1, -0.05) is 12.1 Å². The zero-order valence-electron chi connectivity index (χ0n) is 14.9. The number of aromatic nitrogens is 2. The number of nitrogens with zero attached hydrogens (tertiary/aromatic N) is 1. The molecule has 0 bridgehead atoms. The van der Waals surface area contributed by atoms with Crippen LogP contribution < -0.4 is 10.6 Å². The van der Waals surface area contributed by atoms with Crippen LogP contribution in [0.5, 0.6) is 0 Å². The molecule has 4 rings (SSSR count). The lowest BCUT2D eigenvalue weighted by Crippen LogP contribution is -2.29. The van der Waals surface area contributed by atoms with Crippen LogP contribution in [0.4, 0.5) is 18.9 Å². The van der Waals surface area contributed by atoms with Crippen LogP contribution in [-0.4, -0.2) is 29.0 Å². The molecule has 8 heteroatoms. The van der Waals surface area contributed by atoms with Crippen molar-refractivity contribution in [2.75, 3.05) is 18.4 Å². The molecular weight excluding hydrogens is 369 g/mol. The second-order valence-electron chi connectivity index (χ2n) is 6.90. The van der Waals surface area contributed by atoms with E-state index in [1.54, 1.807) is 18.2 Å². The lowest BCUT2D eigenvalue weighted by atomic mass is 9.88. The molecule has 1 amide bonds. The van der Waals surface area contributed by atoms with Crippen molar-refractivity contribution in [1.82, 2.24) is 15.3 Å². The summed E-state index contributed by atoms with van der Waals surface area (Å²) < 4.78 is 41.0. The lowest BCUT2D eigenvalue weighted by molar-refractivity contribution is -0.138. The second kappa shape index (κ2) is 7.27. The van der Waals surface area contributed by atoms with E-state index < -0.39 is 17.6 Å². The molecule has 28 heavy (non-hydrogen) atoms. The maximum Gasteiger partial charge on any atom is 0.416 e. The molecule has 1 aromatic heterocycles. The minimum absolute atomic E-state index is 0.109. The van der Waals surface area contributed by atoms with Crippen LogP contribution >= 0.6 is 0 Å². The molecule has 2 heterocycles. The molecule has 2 aromatic carbocycles. The number of para-hydroxylation sites is 1. The number of benzene rings is 2. The number of carbonyl (C=O) groups is 1. The first-order chi connectivity index (χ1) is 13.4. The van der Waals surface area contributed by atoms with Crippen molar-refractivity contribution in [2.24, 2.45) is 0 Å². The van der Waals surface area contributed by atoms with E-state index in [9.17, 15) is 18.0 Å². The summed E-state index contributed by atoms with van der Waals surface area (Å²) in [5, 5.41) is 5.72. The van der Waals surface area contributed by atoms with E-state index >= 15 is 0 Å². The Bertz CT molecular complexity index is 1010. The SMILES string of the molecule is O=C(Nc1ccc(C2CCCNC2)c(C(F)(F)F)c1)c1cccc2[nH]cnc12. The highest BCUT2D eigenvalue weighted by molar-refractivity contribution is 6.11. The van der Waals surface area contributed by atoms with E-state index in [0.717, 1.165) is 19.0 Å². The van der Waals surface area contributed by atoms with Crippen LogP contribution in [0.15, 0.2) is 42.7 Å².